The summed E-state index contributed by atoms with van der Waals surface area (Å²) in [4.78, 5) is 39.9. The van der Waals surface area contributed by atoms with Crippen LogP contribution in [0.1, 0.15) is 66.7 Å². The summed E-state index contributed by atoms with van der Waals surface area (Å²) in [5.74, 6) is 0.459. The largest absolute Gasteiger partial charge is 0.454 e. The van der Waals surface area contributed by atoms with Crippen molar-refractivity contribution < 1.29 is 34.4 Å². The van der Waals surface area contributed by atoms with Crippen LogP contribution < -0.4 is 0 Å². The number of carbonyl (C=O) groups excluding carboxylic acids is 3. The first kappa shape index (κ1) is 27.5. The summed E-state index contributed by atoms with van der Waals surface area (Å²) >= 11 is 0. The summed E-state index contributed by atoms with van der Waals surface area (Å²) < 4.78 is 5.42. The maximum absolute atomic E-state index is 13.1. The van der Waals surface area contributed by atoms with Gasteiger partial charge in [-0.2, -0.15) is 0 Å². The number of cyclic esters (lactones) is 1. The van der Waals surface area contributed by atoms with Gasteiger partial charge in [-0.1, -0.05) is 40.0 Å². The highest BCUT2D eigenvalue weighted by molar-refractivity contribution is 5.88. The zero-order valence-corrected chi connectivity index (χ0v) is 20.4. The fourth-order valence-electron chi connectivity index (χ4n) is 5.19. The number of hydrogen-bond donors (Lipinski definition) is 3. The number of β-amino-alcohol motifs (C(OH)–C–C–N with tert-alkyl or cyclic N) is 1. The van der Waals surface area contributed by atoms with Crippen molar-refractivity contribution in [3.63, 3.8) is 0 Å². The number of Topliss-reactive ketones (excluding diaryl/α,β-unsaturated/α-hetero) is 2. The van der Waals surface area contributed by atoms with Gasteiger partial charge in [-0.15, -0.1) is 6.42 Å². The van der Waals surface area contributed by atoms with Crippen LogP contribution in [-0.4, -0.2) is 80.8 Å². The summed E-state index contributed by atoms with van der Waals surface area (Å²) in [6.45, 7) is 8.18. The topological polar surface area (TPSA) is 124 Å². The summed E-state index contributed by atoms with van der Waals surface area (Å²) in [5.41, 5.74) is -1.94. The number of aliphatic hydroxyl groups is 3. The van der Waals surface area contributed by atoms with Crippen molar-refractivity contribution >= 4 is 17.5 Å². The second-order valence-electron chi connectivity index (χ2n) is 10.3. The van der Waals surface area contributed by atoms with Crippen molar-refractivity contribution in [3.8, 4) is 12.3 Å². The molecule has 1 unspecified atom stereocenters. The number of carbonyl (C=O) groups is 3. The number of esters is 1. The molecule has 2 fully saturated rings. The highest BCUT2D eigenvalue weighted by atomic mass is 16.5. The van der Waals surface area contributed by atoms with Crippen molar-refractivity contribution in [2.75, 3.05) is 13.2 Å². The Bertz CT molecular complexity index is 788. The zero-order valence-electron chi connectivity index (χ0n) is 20.4. The van der Waals surface area contributed by atoms with E-state index < -0.39 is 47.6 Å². The minimum Gasteiger partial charge on any atom is -0.454 e. The van der Waals surface area contributed by atoms with Gasteiger partial charge in [0, 0.05) is 24.9 Å². The fourth-order valence-corrected chi connectivity index (χ4v) is 5.19. The third-order valence-electron chi connectivity index (χ3n) is 7.68. The van der Waals surface area contributed by atoms with E-state index in [1.807, 2.05) is 11.8 Å². The molecule has 8 nitrogen and oxygen atoms in total. The molecule has 0 bridgehead atoms. The number of fused-ring (bicyclic) bond motifs is 1. The van der Waals surface area contributed by atoms with Crippen LogP contribution in [0.5, 0.6) is 0 Å². The van der Waals surface area contributed by atoms with Crippen LogP contribution in [-0.2, 0) is 19.1 Å². The third kappa shape index (κ3) is 5.65. The summed E-state index contributed by atoms with van der Waals surface area (Å²) in [5, 5.41) is 31.0. The zero-order chi connectivity index (χ0) is 25.1. The molecule has 0 aromatic rings. The molecule has 0 aromatic heterocycles. The van der Waals surface area contributed by atoms with Crippen molar-refractivity contribution in [1.29, 1.82) is 0 Å². The van der Waals surface area contributed by atoms with Crippen LogP contribution in [0.15, 0.2) is 0 Å². The first-order valence-corrected chi connectivity index (χ1v) is 11.8. The van der Waals surface area contributed by atoms with Gasteiger partial charge in [0.05, 0.1) is 36.2 Å². The molecular weight excluding hydrogens is 426 g/mol. The molecule has 0 saturated carbocycles. The van der Waals surface area contributed by atoms with Gasteiger partial charge in [0.25, 0.3) is 0 Å². The Labute approximate surface area is 196 Å². The standard InChI is InChI=1S/C25H39NO7/c1-7-25-10-8-9-15(2)22(31)16(3)23(32)24(5,6)20(29)14-21(30)33-18(17(4)28)13-19(25)26(25)11-12-27/h1,15-16,18-20,22,27,29,31H,8-14H2,2-6H3/t15-,16+,18-,19-,20-,22-,25+,26?/m0/s1. The fraction of sp³-hybridized carbons (Fsp3) is 0.800. The Morgan fingerprint density at radius 1 is 1.27 bits per heavy atom. The van der Waals surface area contributed by atoms with E-state index in [1.54, 1.807) is 20.8 Å². The van der Waals surface area contributed by atoms with Crippen LogP contribution in [0.25, 0.3) is 0 Å². The van der Waals surface area contributed by atoms with E-state index in [4.69, 9.17) is 11.2 Å². The number of aliphatic hydroxyl groups excluding tert-OH is 3. The summed E-state index contributed by atoms with van der Waals surface area (Å²) in [7, 11) is 0. The average Bonchev–Trinajstić information content (AvgIpc) is 3.35. The number of rotatable bonds is 3. The SMILES string of the molecule is C#C[C@@]12CCC[C@H](C)[C@H](O)[C@@H](C)C(=O)C(C)(C)[C@@H](O)CC(=O)O[C@H](C(C)=O)C[C@@H]1N2CCO. The van der Waals surface area contributed by atoms with Gasteiger partial charge >= 0.3 is 5.97 Å². The minimum absolute atomic E-state index is 0.0968. The molecule has 0 amide bonds. The van der Waals surface area contributed by atoms with E-state index in [-0.39, 0.29) is 36.6 Å². The monoisotopic (exact) mass is 465 g/mol. The molecule has 3 N–H and O–H groups in total. The van der Waals surface area contributed by atoms with Crippen LogP contribution in [0, 0.1) is 29.6 Å². The van der Waals surface area contributed by atoms with E-state index >= 15 is 0 Å². The van der Waals surface area contributed by atoms with Gasteiger partial charge in [0.1, 0.15) is 5.78 Å². The van der Waals surface area contributed by atoms with Crippen LogP contribution in [0.2, 0.25) is 0 Å². The Morgan fingerprint density at radius 2 is 1.91 bits per heavy atom. The number of ketones is 2. The molecule has 0 spiro atoms. The molecule has 8 heteroatoms. The third-order valence-corrected chi connectivity index (χ3v) is 7.68. The van der Waals surface area contributed by atoms with E-state index in [9.17, 15) is 29.7 Å². The molecule has 2 aliphatic heterocycles. The Hall–Kier alpha value is -1.79. The average molecular weight is 466 g/mol. The first-order valence-electron chi connectivity index (χ1n) is 11.8. The van der Waals surface area contributed by atoms with Crippen molar-refractivity contribution in [2.24, 2.45) is 17.3 Å². The molecule has 0 radical (unpaired) electrons. The van der Waals surface area contributed by atoms with Crippen LogP contribution >= 0.6 is 0 Å². The molecule has 0 aliphatic carbocycles. The predicted octanol–water partition coefficient (Wildman–Crippen LogP) is 1.09. The van der Waals surface area contributed by atoms with Crippen LogP contribution in [0.4, 0.5) is 0 Å². The van der Waals surface area contributed by atoms with Gasteiger partial charge in [-0.25, -0.2) is 0 Å². The van der Waals surface area contributed by atoms with E-state index in [0.717, 1.165) is 0 Å². The molecule has 33 heavy (non-hydrogen) atoms. The number of ether oxygens (including phenoxy) is 1. The van der Waals surface area contributed by atoms with E-state index in [2.05, 4.69) is 5.92 Å². The second-order valence-corrected chi connectivity index (χ2v) is 10.3. The molecular formula is C25H39NO7. The summed E-state index contributed by atoms with van der Waals surface area (Å²) in [6, 6.07) is -0.230. The molecule has 2 aliphatic rings. The van der Waals surface area contributed by atoms with Gasteiger partial charge in [0.15, 0.2) is 11.9 Å². The lowest BCUT2D eigenvalue weighted by molar-refractivity contribution is -0.160. The van der Waals surface area contributed by atoms with Crippen molar-refractivity contribution in [3.05, 3.63) is 0 Å². The normalized spacial score (nSPS) is 40.3. The van der Waals surface area contributed by atoms with Gasteiger partial charge in [-0.3, -0.25) is 19.3 Å². The smallest absolute Gasteiger partial charge is 0.309 e. The highest BCUT2D eigenvalue weighted by Crippen LogP contribution is 2.47. The molecule has 2 heterocycles. The van der Waals surface area contributed by atoms with Gasteiger partial charge in [-0.05, 0) is 25.7 Å². The highest BCUT2D eigenvalue weighted by Gasteiger charge is 2.61. The quantitative estimate of drug-likeness (QED) is 0.321. The maximum Gasteiger partial charge on any atom is 0.309 e. The lowest BCUT2D eigenvalue weighted by Gasteiger charge is -2.34. The first-order chi connectivity index (χ1) is 15.3. The molecule has 186 valence electrons. The van der Waals surface area contributed by atoms with Gasteiger partial charge < -0.3 is 20.1 Å². The van der Waals surface area contributed by atoms with Crippen molar-refractivity contribution in [2.45, 2.75) is 96.6 Å². The maximum atomic E-state index is 13.1. The number of hydrogen-bond acceptors (Lipinski definition) is 8. The van der Waals surface area contributed by atoms with Gasteiger partial charge in [0.2, 0.25) is 0 Å². The molecule has 8 atom stereocenters. The van der Waals surface area contributed by atoms with Crippen molar-refractivity contribution in [1.82, 2.24) is 4.90 Å². The number of terminal acetylenes is 1. The molecule has 2 rings (SSSR count). The Kier molecular flexibility index (Phi) is 8.86. The minimum atomic E-state index is -1.33. The van der Waals surface area contributed by atoms with E-state index in [0.29, 0.717) is 25.8 Å². The van der Waals surface area contributed by atoms with Crippen LogP contribution in [0.3, 0.4) is 0 Å². The molecule has 2 saturated heterocycles. The Balaban J connectivity index is 2.36. The summed E-state index contributed by atoms with van der Waals surface area (Å²) in [6.07, 6.45) is 4.27. The Morgan fingerprint density at radius 3 is 2.45 bits per heavy atom. The lowest BCUT2D eigenvalue weighted by atomic mass is 9.73. The molecule has 0 aromatic carbocycles. The lowest BCUT2D eigenvalue weighted by Crippen LogP contribution is -2.46. The van der Waals surface area contributed by atoms with E-state index in [1.165, 1.54) is 6.92 Å². The second kappa shape index (κ2) is 10.6. The predicted molar refractivity (Wildman–Crippen MR) is 122 cm³/mol. The number of nitrogens with zero attached hydrogens (tertiary/aromatic N) is 1.